The summed E-state index contributed by atoms with van der Waals surface area (Å²) >= 11 is 16.8. The van der Waals surface area contributed by atoms with Crippen molar-refractivity contribution in [2.75, 3.05) is 59.0 Å². The first kappa shape index (κ1) is 20.1. The van der Waals surface area contributed by atoms with Crippen molar-refractivity contribution in [3.63, 3.8) is 0 Å². The normalized spacial score (nSPS) is 20.2. The molecule has 3 N–H and O–H groups in total. The highest BCUT2D eigenvalue weighted by molar-refractivity contribution is 6.67. The van der Waals surface area contributed by atoms with Crippen molar-refractivity contribution in [2.24, 2.45) is 0 Å². The molecular formula is C13H25Cl3N4O2. The van der Waals surface area contributed by atoms with Crippen LogP contribution in [0.4, 0.5) is 4.79 Å². The zero-order chi connectivity index (χ0) is 16.3. The number of carbonyl (C=O) groups excluding carboxylic acids is 1. The molecule has 130 valence electrons. The molecule has 1 rings (SSSR count). The van der Waals surface area contributed by atoms with Crippen LogP contribution in [0.25, 0.3) is 0 Å². The molecule has 0 aliphatic carbocycles. The van der Waals surface area contributed by atoms with Gasteiger partial charge in [0.15, 0.2) is 0 Å². The van der Waals surface area contributed by atoms with Crippen LogP contribution in [0, 0.1) is 0 Å². The Morgan fingerprint density at radius 3 is 2.14 bits per heavy atom. The number of nitrogens with one attached hydrogen (secondary N) is 3. The lowest BCUT2D eigenvalue weighted by Gasteiger charge is -2.24. The van der Waals surface area contributed by atoms with E-state index in [0.29, 0.717) is 13.1 Å². The van der Waals surface area contributed by atoms with Crippen molar-refractivity contribution in [1.29, 1.82) is 0 Å². The van der Waals surface area contributed by atoms with E-state index in [-0.39, 0.29) is 6.61 Å². The number of ether oxygens (including phenoxy) is 1. The van der Waals surface area contributed by atoms with E-state index in [1.165, 1.54) is 0 Å². The Labute approximate surface area is 147 Å². The smallest absolute Gasteiger partial charge is 0.409 e. The molecule has 0 aromatic heterocycles. The van der Waals surface area contributed by atoms with Gasteiger partial charge < -0.3 is 25.6 Å². The summed E-state index contributed by atoms with van der Waals surface area (Å²) in [6.07, 6.45) is 1.46. The van der Waals surface area contributed by atoms with E-state index >= 15 is 0 Å². The van der Waals surface area contributed by atoms with E-state index in [1.54, 1.807) is 4.90 Å². The minimum Gasteiger partial charge on any atom is -0.445 e. The molecule has 0 atom stereocenters. The topological polar surface area (TPSA) is 65.6 Å². The first-order valence-corrected chi connectivity index (χ1v) is 8.73. The zero-order valence-corrected chi connectivity index (χ0v) is 14.9. The maximum atomic E-state index is 12.1. The van der Waals surface area contributed by atoms with Crippen LogP contribution in [0.5, 0.6) is 0 Å². The molecule has 1 saturated heterocycles. The average molecular weight is 376 g/mol. The van der Waals surface area contributed by atoms with E-state index in [1.807, 2.05) is 0 Å². The number of halogens is 3. The fourth-order valence-corrected chi connectivity index (χ4v) is 2.19. The van der Waals surface area contributed by atoms with Crippen LogP contribution in [0.2, 0.25) is 0 Å². The molecule has 0 aromatic carbocycles. The molecular weight excluding hydrogens is 351 g/mol. The van der Waals surface area contributed by atoms with Gasteiger partial charge in [0, 0.05) is 32.7 Å². The molecule has 0 unspecified atom stereocenters. The second kappa shape index (κ2) is 11.5. The Balaban J connectivity index is 2.39. The quantitative estimate of drug-likeness (QED) is 0.604. The number of nitrogens with zero attached hydrogens (tertiary/aromatic N) is 1. The summed E-state index contributed by atoms with van der Waals surface area (Å²) < 4.78 is 3.47. The predicted molar refractivity (Wildman–Crippen MR) is 91.1 cm³/mol. The molecule has 9 heteroatoms. The van der Waals surface area contributed by atoms with Crippen LogP contribution in [0.15, 0.2) is 0 Å². The summed E-state index contributed by atoms with van der Waals surface area (Å²) in [7, 11) is 0. The van der Waals surface area contributed by atoms with Gasteiger partial charge in [0.05, 0.1) is 0 Å². The molecule has 1 fully saturated rings. The van der Waals surface area contributed by atoms with Gasteiger partial charge in [-0.2, -0.15) is 0 Å². The fourth-order valence-electron chi connectivity index (χ4n) is 2.03. The summed E-state index contributed by atoms with van der Waals surface area (Å²) in [5.74, 6) is 0. The Morgan fingerprint density at radius 1 is 0.909 bits per heavy atom. The lowest BCUT2D eigenvalue weighted by Crippen LogP contribution is -2.41. The fraction of sp³-hybridized carbons (Fsp3) is 0.923. The summed E-state index contributed by atoms with van der Waals surface area (Å²) in [5, 5.41) is 10.0. The third kappa shape index (κ3) is 10.7. The van der Waals surface area contributed by atoms with Gasteiger partial charge >= 0.3 is 6.09 Å². The highest BCUT2D eigenvalue weighted by Gasteiger charge is 2.24. The SMILES string of the molecule is O=C(OCC(Cl)(Cl)Cl)N1CCCNCCNCCCNCC1. The van der Waals surface area contributed by atoms with Crippen molar-refractivity contribution in [3.05, 3.63) is 0 Å². The van der Waals surface area contributed by atoms with Gasteiger partial charge in [0.25, 0.3) is 0 Å². The minimum absolute atomic E-state index is 0.246. The number of amides is 1. The third-order valence-electron chi connectivity index (χ3n) is 3.14. The zero-order valence-electron chi connectivity index (χ0n) is 12.7. The summed E-state index contributed by atoms with van der Waals surface area (Å²) in [4.78, 5) is 13.7. The monoisotopic (exact) mass is 374 g/mol. The largest absolute Gasteiger partial charge is 0.445 e. The highest BCUT2D eigenvalue weighted by Crippen LogP contribution is 2.26. The van der Waals surface area contributed by atoms with Crippen LogP contribution < -0.4 is 16.0 Å². The number of rotatable bonds is 1. The van der Waals surface area contributed by atoms with Gasteiger partial charge in [-0.05, 0) is 32.5 Å². The number of carbonyl (C=O) groups is 1. The molecule has 0 aromatic rings. The standard InChI is InChI=1S/C13H25Cl3N4O2/c14-13(15,16)11-22-12(21)20-9-2-5-18-7-6-17-3-1-4-19-8-10-20/h17-19H,1-11H2. The van der Waals surface area contributed by atoms with Crippen molar-refractivity contribution < 1.29 is 9.53 Å². The molecule has 22 heavy (non-hydrogen) atoms. The van der Waals surface area contributed by atoms with E-state index in [4.69, 9.17) is 39.5 Å². The lowest BCUT2D eigenvalue weighted by molar-refractivity contribution is 0.104. The van der Waals surface area contributed by atoms with Gasteiger partial charge in [0.1, 0.15) is 6.61 Å². The Bertz CT molecular complexity index is 302. The van der Waals surface area contributed by atoms with Crippen molar-refractivity contribution >= 4 is 40.9 Å². The molecule has 1 heterocycles. The predicted octanol–water partition coefficient (Wildman–Crippen LogP) is 1.36. The van der Waals surface area contributed by atoms with Gasteiger partial charge in [-0.1, -0.05) is 34.8 Å². The van der Waals surface area contributed by atoms with Crippen molar-refractivity contribution in [2.45, 2.75) is 16.6 Å². The van der Waals surface area contributed by atoms with Crippen molar-refractivity contribution in [1.82, 2.24) is 20.9 Å². The Morgan fingerprint density at radius 2 is 1.50 bits per heavy atom. The Hall–Kier alpha value is 0.0200. The van der Waals surface area contributed by atoms with Gasteiger partial charge in [-0.25, -0.2) is 4.79 Å². The van der Waals surface area contributed by atoms with Crippen LogP contribution >= 0.6 is 34.8 Å². The first-order valence-electron chi connectivity index (χ1n) is 7.59. The molecule has 0 bridgehead atoms. The third-order valence-corrected chi connectivity index (χ3v) is 3.47. The average Bonchev–Trinajstić information content (AvgIpc) is 2.46. The molecule has 6 nitrogen and oxygen atoms in total. The number of hydrogen-bond donors (Lipinski definition) is 3. The second-order valence-electron chi connectivity index (χ2n) is 5.11. The van der Waals surface area contributed by atoms with Gasteiger partial charge in [-0.3, -0.25) is 0 Å². The van der Waals surface area contributed by atoms with Crippen LogP contribution in [-0.4, -0.2) is 73.8 Å². The first-order chi connectivity index (χ1) is 10.5. The summed E-state index contributed by atoms with van der Waals surface area (Å²) in [6, 6.07) is 0. The van der Waals surface area contributed by atoms with Crippen molar-refractivity contribution in [3.8, 4) is 0 Å². The molecule has 1 aliphatic heterocycles. The number of hydrogen-bond acceptors (Lipinski definition) is 5. The molecule has 1 aliphatic rings. The highest BCUT2D eigenvalue weighted by atomic mass is 35.6. The lowest BCUT2D eigenvalue weighted by atomic mass is 10.3. The number of alkyl halides is 3. The van der Waals surface area contributed by atoms with Gasteiger partial charge in [0.2, 0.25) is 3.79 Å². The van der Waals surface area contributed by atoms with Crippen LogP contribution in [0.3, 0.4) is 0 Å². The van der Waals surface area contributed by atoms with Crippen LogP contribution in [0.1, 0.15) is 12.8 Å². The summed E-state index contributed by atoms with van der Waals surface area (Å²) in [5.41, 5.74) is 0. The maximum Gasteiger partial charge on any atom is 0.409 e. The molecule has 0 spiro atoms. The summed E-state index contributed by atoms with van der Waals surface area (Å²) in [6.45, 7) is 6.29. The van der Waals surface area contributed by atoms with E-state index in [9.17, 15) is 4.79 Å². The van der Waals surface area contributed by atoms with Crippen LogP contribution in [-0.2, 0) is 4.74 Å². The van der Waals surface area contributed by atoms with E-state index in [0.717, 1.165) is 52.1 Å². The van der Waals surface area contributed by atoms with E-state index in [2.05, 4.69) is 16.0 Å². The molecule has 1 amide bonds. The molecule has 0 radical (unpaired) electrons. The van der Waals surface area contributed by atoms with Gasteiger partial charge in [-0.15, -0.1) is 0 Å². The van der Waals surface area contributed by atoms with E-state index < -0.39 is 9.89 Å². The second-order valence-corrected chi connectivity index (χ2v) is 7.63. The Kier molecular flexibility index (Phi) is 10.5. The maximum absolute atomic E-state index is 12.1. The molecule has 0 saturated carbocycles. The minimum atomic E-state index is -1.58.